The maximum atomic E-state index is 13.0. The van der Waals surface area contributed by atoms with Gasteiger partial charge in [0, 0.05) is 44.4 Å². The molecule has 118 valence electrons. The summed E-state index contributed by atoms with van der Waals surface area (Å²) in [6.07, 6.45) is 7.09. The first-order valence-electron chi connectivity index (χ1n) is 7.65. The summed E-state index contributed by atoms with van der Waals surface area (Å²) in [5.74, 6) is 0.920. The molecule has 7 nitrogen and oxygen atoms in total. The number of hydrogen-bond acceptors (Lipinski definition) is 4. The van der Waals surface area contributed by atoms with Crippen molar-refractivity contribution in [1.29, 1.82) is 0 Å². The highest BCUT2D eigenvalue weighted by Crippen LogP contribution is 2.22. The number of pyridine rings is 1. The Morgan fingerprint density at radius 2 is 2.17 bits per heavy atom. The van der Waals surface area contributed by atoms with Crippen LogP contribution in [0.15, 0.2) is 43.0 Å². The molecule has 4 rings (SSSR count). The number of likely N-dealkylation sites (N-methyl/N-ethyl adjacent to an activating group) is 1. The molecular weight excluding hydrogens is 292 g/mol. The van der Waals surface area contributed by atoms with E-state index in [1.165, 1.54) is 0 Å². The largest absolute Gasteiger partial charge is 0.347 e. The number of amides is 1. The fraction of sp³-hybridized carbons (Fsp3) is 0.312. The quantitative estimate of drug-likeness (QED) is 0.772. The molecule has 0 saturated carbocycles. The molecule has 0 spiro atoms. The first kappa shape index (κ1) is 14.0. The van der Waals surface area contributed by atoms with Crippen LogP contribution in [0.3, 0.4) is 0 Å². The van der Waals surface area contributed by atoms with E-state index in [0.29, 0.717) is 18.8 Å². The molecule has 3 aromatic rings. The maximum absolute atomic E-state index is 13.0. The van der Waals surface area contributed by atoms with Gasteiger partial charge in [0.05, 0.1) is 6.04 Å². The first-order chi connectivity index (χ1) is 11.2. The number of carbonyl (C=O) groups excluding carboxylic acids is 1. The van der Waals surface area contributed by atoms with Crippen LogP contribution in [0.1, 0.15) is 22.4 Å². The number of carbonyl (C=O) groups is 1. The molecule has 4 heterocycles. The van der Waals surface area contributed by atoms with Gasteiger partial charge in [0.2, 0.25) is 0 Å². The molecule has 1 fully saturated rings. The van der Waals surface area contributed by atoms with Crippen LogP contribution in [-0.4, -0.2) is 61.7 Å². The topological polar surface area (TPSA) is 69.5 Å². The lowest BCUT2D eigenvalue weighted by Crippen LogP contribution is -2.49. The molecule has 0 aromatic carbocycles. The van der Waals surface area contributed by atoms with E-state index in [9.17, 15) is 4.79 Å². The molecule has 1 unspecified atom stereocenters. The zero-order valence-electron chi connectivity index (χ0n) is 12.9. The van der Waals surface area contributed by atoms with Crippen molar-refractivity contribution in [1.82, 2.24) is 29.2 Å². The summed E-state index contributed by atoms with van der Waals surface area (Å²) in [6.45, 7) is 2.14. The summed E-state index contributed by atoms with van der Waals surface area (Å²) in [6, 6.07) is 5.70. The monoisotopic (exact) mass is 310 g/mol. The number of imidazole rings is 2. The number of hydrogen-bond donors (Lipinski definition) is 1. The Morgan fingerprint density at radius 1 is 1.26 bits per heavy atom. The smallest absolute Gasteiger partial charge is 0.270 e. The fourth-order valence-corrected chi connectivity index (χ4v) is 3.10. The van der Waals surface area contributed by atoms with Gasteiger partial charge in [-0.1, -0.05) is 6.07 Å². The van der Waals surface area contributed by atoms with Crippen molar-refractivity contribution in [2.24, 2.45) is 0 Å². The highest BCUT2D eigenvalue weighted by molar-refractivity contribution is 5.93. The summed E-state index contributed by atoms with van der Waals surface area (Å²) in [7, 11) is 2.06. The molecule has 1 aliphatic rings. The van der Waals surface area contributed by atoms with Crippen molar-refractivity contribution >= 4 is 11.6 Å². The summed E-state index contributed by atoms with van der Waals surface area (Å²) < 4.78 is 1.84. The van der Waals surface area contributed by atoms with Gasteiger partial charge in [-0.3, -0.25) is 14.1 Å². The minimum absolute atomic E-state index is 0.0262. The Kier molecular flexibility index (Phi) is 3.34. The van der Waals surface area contributed by atoms with Crippen LogP contribution in [0.5, 0.6) is 0 Å². The minimum Gasteiger partial charge on any atom is -0.347 e. The molecular formula is C16H18N6O. The molecule has 0 bridgehead atoms. The lowest BCUT2D eigenvalue weighted by molar-refractivity contribution is 0.0527. The first-order valence-corrected chi connectivity index (χ1v) is 7.65. The van der Waals surface area contributed by atoms with Gasteiger partial charge in [-0.25, -0.2) is 9.97 Å². The Balaban J connectivity index is 1.62. The van der Waals surface area contributed by atoms with E-state index in [4.69, 9.17) is 0 Å². The summed E-state index contributed by atoms with van der Waals surface area (Å²) in [5, 5.41) is 0. The van der Waals surface area contributed by atoms with Crippen molar-refractivity contribution in [2.75, 3.05) is 26.7 Å². The van der Waals surface area contributed by atoms with Crippen LogP contribution in [0.25, 0.3) is 5.65 Å². The van der Waals surface area contributed by atoms with Crippen LogP contribution in [0, 0.1) is 0 Å². The van der Waals surface area contributed by atoms with E-state index in [2.05, 4.69) is 26.9 Å². The predicted molar refractivity (Wildman–Crippen MR) is 85.1 cm³/mol. The number of nitrogens with zero attached hydrogens (tertiary/aromatic N) is 5. The molecule has 0 radical (unpaired) electrons. The standard InChI is InChI=1S/C16H18N6O/c1-20-9-10-21(11-13(20)15-18-5-6-19-15)16(23)12-3-2-4-14-17-7-8-22(12)14/h2-8,13H,9-11H2,1H3,(H,18,19). The lowest BCUT2D eigenvalue weighted by Gasteiger charge is -2.38. The van der Waals surface area contributed by atoms with Crippen molar-refractivity contribution in [3.05, 3.63) is 54.5 Å². The van der Waals surface area contributed by atoms with E-state index in [1.54, 1.807) is 12.4 Å². The van der Waals surface area contributed by atoms with Crippen molar-refractivity contribution in [3.63, 3.8) is 0 Å². The predicted octanol–water partition coefficient (Wildman–Crippen LogP) is 1.19. The molecule has 23 heavy (non-hydrogen) atoms. The zero-order chi connectivity index (χ0) is 15.8. The Bertz CT molecular complexity index is 824. The average molecular weight is 310 g/mol. The van der Waals surface area contributed by atoms with Gasteiger partial charge in [-0.2, -0.15) is 0 Å². The Morgan fingerprint density at radius 3 is 3.00 bits per heavy atom. The van der Waals surface area contributed by atoms with Gasteiger partial charge in [0.15, 0.2) is 0 Å². The van der Waals surface area contributed by atoms with E-state index < -0.39 is 0 Å². The summed E-state index contributed by atoms with van der Waals surface area (Å²) in [4.78, 5) is 28.8. The van der Waals surface area contributed by atoms with Gasteiger partial charge >= 0.3 is 0 Å². The number of aromatic amines is 1. The van der Waals surface area contributed by atoms with Crippen molar-refractivity contribution in [3.8, 4) is 0 Å². The molecule has 1 atom stereocenters. The number of aromatic nitrogens is 4. The van der Waals surface area contributed by atoms with Crippen LogP contribution in [-0.2, 0) is 0 Å². The van der Waals surface area contributed by atoms with Crippen LogP contribution in [0.2, 0.25) is 0 Å². The van der Waals surface area contributed by atoms with Gasteiger partial charge in [-0.05, 0) is 19.2 Å². The van der Waals surface area contributed by atoms with Crippen LogP contribution >= 0.6 is 0 Å². The van der Waals surface area contributed by atoms with Crippen LogP contribution in [0.4, 0.5) is 0 Å². The van der Waals surface area contributed by atoms with Gasteiger partial charge in [0.25, 0.3) is 5.91 Å². The number of piperazine rings is 1. The Hall–Kier alpha value is -2.67. The van der Waals surface area contributed by atoms with Gasteiger partial charge in [0.1, 0.15) is 17.2 Å². The lowest BCUT2D eigenvalue weighted by atomic mass is 10.1. The second-order valence-electron chi connectivity index (χ2n) is 5.79. The fourth-order valence-electron chi connectivity index (χ4n) is 3.10. The third-order valence-electron chi connectivity index (χ3n) is 4.42. The van der Waals surface area contributed by atoms with E-state index in [1.807, 2.05) is 39.9 Å². The van der Waals surface area contributed by atoms with E-state index >= 15 is 0 Å². The summed E-state index contributed by atoms with van der Waals surface area (Å²) >= 11 is 0. The molecule has 3 aromatic heterocycles. The maximum Gasteiger partial charge on any atom is 0.270 e. The minimum atomic E-state index is 0.0262. The van der Waals surface area contributed by atoms with Gasteiger partial charge < -0.3 is 9.88 Å². The highest BCUT2D eigenvalue weighted by atomic mass is 16.2. The average Bonchev–Trinajstić information content (AvgIpc) is 3.25. The second-order valence-corrected chi connectivity index (χ2v) is 5.79. The molecule has 1 aliphatic heterocycles. The van der Waals surface area contributed by atoms with Gasteiger partial charge in [-0.15, -0.1) is 0 Å². The molecule has 1 amide bonds. The molecule has 0 aliphatic carbocycles. The van der Waals surface area contributed by atoms with Crippen molar-refractivity contribution in [2.45, 2.75) is 6.04 Å². The normalized spacial score (nSPS) is 19.3. The van der Waals surface area contributed by atoms with E-state index in [0.717, 1.165) is 18.0 Å². The molecule has 7 heteroatoms. The second kappa shape index (κ2) is 5.51. The zero-order valence-corrected chi connectivity index (χ0v) is 12.9. The number of fused-ring (bicyclic) bond motifs is 1. The van der Waals surface area contributed by atoms with E-state index in [-0.39, 0.29) is 11.9 Å². The third kappa shape index (κ3) is 2.39. The van der Waals surface area contributed by atoms with Crippen LogP contribution < -0.4 is 0 Å². The molecule has 1 saturated heterocycles. The number of rotatable bonds is 2. The number of H-pyrrole nitrogens is 1. The SMILES string of the molecule is CN1CCN(C(=O)c2cccc3nccn23)CC1c1ncc[nH]1. The molecule has 1 N–H and O–H groups in total. The third-order valence-corrected chi connectivity index (χ3v) is 4.42. The van der Waals surface area contributed by atoms with Crippen molar-refractivity contribution < 1.29 is 4.79 Å². The number of nitrogens with one attached hydrogen (secondary N) is 1. The Labute approximate surface area is 133 Å². The highest BCUT2D eigenvalue weighted by Gasteiger charge is 2.31. The summed E-state index contributed by atoms with van der Waals surface area (Å²) in [5.41, 5.74) is 1.43.